The fraction of sp³-hybridized carbons (Fsp3) is 0.556. The number of aromatic nitrogens is 2. The van der Waals surface area contributed by atoms with Gasteiger partial charge in [0, 0.05) is 6.20 Å². The van der Waals surface area contributed by atoms with Crippen LogP contribution in [0.5, 0.6) is 0 Å². The molecule has 0 fully saturated rings. The molecule has 1 rings (SSSR count). The average molecular weight is 276 g/mol. The summed E-state index contributed by atoms with van der Waals surface area (Å²) in [7, 11) is 0. The van der Waals surface area contributed by atoms with Crippen LogP contribution in [0.25, 0.3) is 0 Å². The van der Waals surface area contributed by atoms with Gasteiger partial charge in [-0.05, 0) is 46.1 Å². The van der Waals surface area contributed by atoms with Gasteiger partial charge < -0.3 is 0 Å². The molecule has 0 unspecified atom stereocenters. The van der Waals surface area contributed by atoms with Crippen LogP contribution in [0.15, 0.2) is 12.3 Å². The highest BCUT2D eigenvalue weighted by atomic mass is 127. The molecule has 0 N–H and O–H groups in total. The van der Waals surface area contributed by atoms with Gasteiger partial charge in [-0.3, -0.25) is 0 Å². The van der Waals surface area contributed by atoms with Crippen molar-refractivity contribution in [1.29, 1.82) is 0 Å². The van der Waals surface area contributed by atoms with Crippen LogP contribution in [-0.4, -0.2) is 10.2 Å². The van der Waals surface area contributed by atoms with Crippen LogP contribution in [0, 0.1) is 9.12 Å². The molecule has 3 heteroatoms. The van der Waals surface area contributed by atoms with E-state index in [9.17, 15) is 0 Å². The van der Waals surface area contributed by atoms with Gasteiger partial charge in [-0.1, -0.05) is 20.8 Å². The molecule has 1 aromatic rings. The zero-order valence-electron chi connectivity index (χ0n) is 7.63. The topological polar surface area (TPSA) is 25.8 Å². The van der Waals surface area contributed by atoms with Crippen LogP contribution >= 0.6 is 22.6 Å². The lowest BCUT2D eigenvalue weighted by Crippen LogP contribution is -2.11. The summed E-state index contributed by atoms with van der Waals surface area (Å²) in [5.74, 6) is 0. The summed E-state index contributed by atoms with van der Waals surface area (Å²) in [6.07, 6.45) is 2.81. The van der Waals surface area contributed by atoms with E-state index in [2.05, 4.69) is 53.6 Å². The van der Waals surface area contributed by atoms with E-state index in [1.165, 1.54) is 5.56 Å². The smallest absolute Gasteiger partial charge is 0.127 e. The van der Waals surface area contributed by atoms with Crippen molar-refractivity contribution < 1.29 is 0 Å². The molecular formula is C9H13IN2. The maximum absolute atomic E-state index is 4.00. The molecule has 0 aliphatic heterocycles. The maximum atomic E-state index is 4.00. The van der Waals surface area contributed by atoms with E-state index in [-0.39, 0.29) is 0 Å². The third kappa shape index (κ3) is 3.05. The van der Waals surface area contributed by atoms with Gasteiger partial charge in [0.05, 0.1) is 0 Å². The molecule has 12 heavy (non-hydrogen) atoms. The van der Waals surface area contributed by atoms with Gasteiger partial charge in [-0.25, -0.2) is 0 Å². The normalized spacial score (nSPS) is 11.7. The van der Waals surface area contributed by atoms with E-state index >= 15 is 0 Å². The second kappa shape index (κ2) is 3.68. The average Bonchev–Trinajstić information content (AvgIpc) is 1.91. The van der Waals surface area contributed by atoms with Crippen molar-refractivity contribution in [2.24, 2.45) is 5.41 Å². The highest BCUT2D eigenvalue weighted by Gasteiger charge is 2.13. The van der Waals surface area contributed by atoms with Crippen LogP contribution in [0.3, 0.4) is 0 Å². The van der Waals surface area contributed by atoms with Crippen LogP contribution in [0.4, 0.5) is 0 Å². The van der Waals surface area contributed by atoms with Crippen molar-refractivity contribution in [3.8, 4) is 0 Å². The van der Waals surface area contributed by atoms with E-state index in [1.54, 1.807) is 6.20 Å². The van der Waals surface area contributed by atoms with Crippen molar-refractivity contribution in [2.75, 3.05) is 0 Å². The zero-order valence-corrected chi connectivity index (χ0v) is 9.79. The molecule has 1 aromatic heterocycles. The van der Waals surface area contributed by atoms with Crippen molar-refractivity contribution in [3.63, 3.8) is 0 Å². The Morgan fingerprint density at radius 2 is 2.08 bits per heavy atom. The predicted octanol–water partition coefficient (Wildman–Crippen LogP) is 2.67. The van der Waals surface area contributed by atoms with Gasteiger partial charge in [-0.2, -0.15) is 5.10 Å². The molecule has 0 atom stereocenters. The van der Waals surface area contributed by atoms with Gasteiger partial charge in [0.2, 0.25) is 0 Å². The molecule has 0 bridgehead atoms. The Bertz CT molecular complexity index is 265. The summed E-state index contributed by atoms with van der Waals surface area (Å²) < 4.78 is 1.02. The second-order valence-corrected chi connectivity index (χ2v) is 5.11. The summed E-state index contributed by atoms with van der Waals surface area (Å²) in [5, 5.41) is 7.82. The Morgan fingerprint density at radius 3 is 2.58 bits per heavy atom. The molecule has 0 aromatic carbocycles. The van der Waals surface area contributed by atoms with E-state index in [1.807, 2.05) is 6.07 Å². The fourth-order valence-electron chi connectivity index (χ4n) is 1.04. The Labute approximate surface area is 86.9 Å². The van der Waals surface area contributed by atoms with Gasteiger partial charge in [-0.15, -0.1) is 5.10 Å². The van der Waals surface area contributed by atoms with Gasteiger partial charge >= 0.3 is 0 Å². The number of halogens is 1. The molecular weight excluding hydrogens is 263 g/mol. The minimum Gasteiger partial charge on any atom is -0.158 e. The summed E-state index contributed by atoms with van der Waals surface area (Å²) in [6, 6.07) is 2.04. The Balaban J connectivity index is 2.83. The summed E-state index contributed by atoms with van der Waals surface area (Å²) >= 11 is 2.23. The molecule has 0 amide bonds. The Hall–Kier alpha value is -0.190. The first-order valence-electron chi connectivity index (χ1n) is 3.95. The third-order valence-corrected chi connectivity index (χ3v) is 2.38. The molecule has 0 radical (unpaired) electrons. The Kier molecular flexibility index (Phi) is 3.04. The molecule has 0 saturated heterocycles. The molecule has 0 saturated carbocycles. The fourth-order valence-corrected chi connectivity index (χ4v) is 1.54. The first-order chi connectivity index (χ1) is 5.49. The van der Waals surface area contributed by atoms with Crippen molar-refractivity contribution >= 4 is 22.6 Å². The number of rotatable bonds is 1. The zero-order chi connectivity index (χ0) is 9.19. The standard InChI is InChI=1S/C9H13IN2/c1-9(2,3)6-7-4-5-11-12-8(7)10/h4-5H,6H2,1-3H3. The van der Waals surface area contributed by atoms with Gasteiger partial charge in [0.15, 0.2) is 0 Å². The minimum absolute atomic E-state index is 0.322. The minimum atomic E-state index is 0.322. The van der Waals surface area contributed by atoms with E-state index in [0.29, 0.717) is 5.41 Å². The molecule has 0 aliphatic carbocycles. The SMILES string of the molecule is CC(C)(C)Cc1ccnnc1I. The van der Waals surface area contributed by atoms with E-state index in [4.69, 9.17) is 0 Å². The largest absolute Gasteiger partial charge is 0.158 e. The highest BCUT2D eigenvalue weighted by Crippen LogP contribution is 2.22. The predicted molar refractivity (Wildman–Crippen MR) is 57.9 cm³/mol. The number of hydrogen-bond donors (Lipinski definition) is 0. The van der Waals surface area contributed by atoms with Crippen LogP contribution in [-0.2, 0) is 6.42 Å². The lowest BCUT2D eigenvalue weighted by molar-refractivity contribution is 0.409. The first-order valence-corrected chi connectivity index (χ1v) is 5.03. The van der Waals surface area contributed by atoms with E-state index in [0.717, 1.165) is 10.1 Å². The molecule has 0 spiro atoms. The summed E-state index contributed by atoms with van der Waals surface area (Å²) in [6.45, 7) is 6.68. The van der Waals surface area contributed by atoms with Crippen molar-refractivity contribution in [3.05, 3.63) is 21.5 Å². The van der Waals surface area contributed by atoms with Gasteiger partial charge in [0.1, 0.15) is 3.70 Å². The molecule has 2 nitrogen and oxygen atoms in total. The van der Waals surface area contributed by atoms with E-state index < -0.39 is 0 Å². The summed E-state index contributed by atoms with van der Waals surface area (Å²) in [4.78, 5) is 0. The molecule has 1 heterocycles. The molecule has 0 aliphatic rings. The second-order valence-electron chi connectivity index (χ2n) is 4.08. The van der Waals surface area contributed by atoms with Crippen molar-refractivity contribution in [1.82, 2.24) is 10.2 Å². The first kappa shape index (κ1) is 9.89. The monoisotopic (exact) mass is 276 g/mol. The van der Waals surface area contributed by atoms with Crippen LogP contribution < -0.4 is 0 Å². The lowest BCUT2D eigenvalue weighted by Gasteiger charge is -2.18. The van der Waals surface area contributed by atoms with Crippen LogP contribution in [0.2, 0.25) is 0 Å². The molecule has 66 valence electrons. The quantitative estimate of drug-likeness (QED) is 0.737. The van der Waals surface area contributed by atoms with Gasteiger partial charge in [0.25, 0.3) is 0 Å². The Morgan fingerprint density at radius 1 is 1.42 bits per heavy atom. The lowest BCUT2D eigenvalue weighted by atomic mass is 9.89. The van der Waals surface area contributed by atoms with Crippen LogP contribution in [0.1, 0.15) is 26.3 Å². The maximum Gasteiger partial charge on any atom is 0.127 e. The number of nitrogens with zero attached hydrogens (tertiary/aromatic N) is 2. The number of hydrogen-bond acceptors (Lipinski definition) is 2. The van der Waals surface area contributed by atoms with Crippen molar-refractivity contribution in [2.45, 2.75) is 27.2 Å². The third-order valence-electron chi connectivity index (χ3n) is 1.47. The highest BCUT2D eigenvalue weighted by molar-refractivity contribution is 14.1. The summed E-state index contributed by atoms with van der Waals surface area (Å²) in [5.41, 5.74) is 1.61.